The van der Waals surface area contributed by atoms with Gasteiger partial charge in [-0.2, -0.15) is 0 Å². The van der Waals surface area contributed by atoms with Crippen LogP contribution in [0.15, 0.2) is 77.2 Å². The molecule has 0 fully saturated rings. The summed E-state index contributed by atoms with van der Waals surface area (Å²) < 4.78 is 16.8. The molecule has 0 saturated carbocycles. The van der Waals surface area contributed by atoms with Crippen molar-refractivity contribution in [2.45, 2.75) is 13.8 Å². The highest BCUT2D eigenvalue weighted by Crippen LogP contribution is 2.32. The SMILES string of the molecule is CCOc1ccc(C(=O)c2oc3ccccc3c2NC(=O)COc2ccc(C)cc2)cc1. The number of hydrogen-bond acceptors (Lipinski definition) is 5. The number of ketones is 1. The maximum atomic E-state index is 13.2. The molecule has 6 heteroatoms. The van der Waals surface area contributed by atoms with Crippen LogP contribution in [0.4, 0.5) is 5.69 Å². The number of ether oxygens (including phenoxy) is 2. The molecule has 1 heterocycles. The van der Waals surface area contributed by atoms with Crippen molar-refractivity contribution in [2.24, 2.45) is 0 Å². The molecule has 0 atom stereocenters. The molecule has 1 aromatic heterocycles. The Morgan fingerprint density at radius 3 is 2.25 bits per heavy atom. The monoisotopic (exact) mass is 429 g/mol. The van der Waals surface area contributed by atoms with Crippen LogP contribution in [0, 0.1) is 6.92 Å². The molecule has 0 aliphatic heterocycles. The van der Waals surface area contributed by atoms with Gasteiger partial charge >= 0.3 is 0 Å². The molecule has 0 unspecified atom stereocenters. The molecule has 0 spiro atoms. The van der Waals surface area contributed by atoms with Crippen LogP contribution in [-0.4, -0.2) is 24.9 Å². The third-order valence-electron chi connectivity index (χ3n) is 4.88. The lowest BCUT2D eigenvalue weighted by Crippen LogP contribution is -2.21. The lowest BCUT2D eigenvalue weighted by molar-refractivity contribution is -0.118. The quantitative estimate of drug-likeness (QED) is 0.380. The average molecular weight is 429 g/mol. The van der Waals surface area contributed by atoms with Gasteiger partial charge in [0, 0.05) is 10.9 Å². The first kappa shape index (κ1) is 21.2. The molecule has 6 nitrogen and oxygen atoms in total. The summed E-state index contributed by atoms with van der Waals surface area (Å²) in [7, 11) is 0. The lowest BCUT2D eigenvalue weighted by atomic mass is 10.1. The van der Waals surface area contributed by atoms with Gasteiger partial charge in [-0.25, -0.2) is 0 Å². The van der Waals surface area contributed by atoms with Gasteiger partial charge in [-0.3, -0.25) is 9.59 Å². The molecule has 0 radical (unpaired) electrons. The minimum absolute atomic E-state index is 0.0686. The number of aryl methyl sites for hydroxylation is 1. The second-order valence-electron chi connectivity index (χ2n) is 7.24. The Kier molecular flexibility index (Phi) is 6.22. The fraction of sp³-hybridized carbons (Fsp3) is 0.154. The van der Waals surface area contributed by atoms with E-state index < -0.39 is 5.91 Å². The van der Waals surface area contributed by atoms with E-state index in [1.807, 2.05) is 38.1 Å². The van der Waals surface area contributed by atoms with Gasteiger partial charge in [-0.05, 0) is 62.4 Å². The van der Waals surface area contributed by atoms with E-state index in [1.165, 1.54) is 0 Å². The molecule has 162 valence electrons. The molecule has 0 bridgehead atoms. The zero-order chi connectivity index (χ0) is 22.5. The van der Waals surface area contributed by atoms with E-state index in [0.29, 0.717) is 40.3 Å². The van der Waals surface area contributed by atoms with E-state index in [2.05, 4.69) is 5.32 Å². The molecular weight excluding hydrogens is 406 g/mol. The summed E-state index contributed by atoms with van der Waals surface area (Å²) in [6, 6.07) is 21.4. The third kappa shape index (κ3) is 4.64. The van der Waals surface area contributed by atoms with Crippen LogP contribution in [0.1, 0.15) is 28.6 Å². The zero-order valence-electron chi connectivity index (χ0n) is 17.9. The average Bonchev–Trinajstić information content (AvgIpc) is 3.17. The highest BCUT2D eigenvalue weighted by atomic mass is 16.5. The van der Waals surface area contributed by atoms with Crippen molar-refractivity contribution in [2.75, 3.05) is 18.5 Å². The summed E-state index contributed by atoms with van der Waals surface area (Å²) in [5.41, 5.74) is 2.37. The van der Waals surface area contributed by atoms with Crippen molar-refractivity contribution in [3.63, 3.8) is 0 Å². The maximum Gasteiger partial charge on any atom is 0.262 e. The van der Waals surface area contributed by atoms with Crippen molar-refractivity contribution >= 4 is 28.3 Å². The first-order valence-corrected chi connectivity index (χ1v) is 10.3. The second kappa shape index (κ2) is 9.39. The number of anilines is 1. The maximum absolute atomic E-state index is 13.2. The summed E-state index contributed by atoms with van der Waals surface area (Å²) >= 11 is 0. The standard InChI is InChI=1S/C26H23NO5/c1-3-30-19-14-10-18(11-15-19)25(29)26-24(21-6-4-5-7-22(21)32-26)27-23(28)16-31-20-12-8-17(2)9-13-20/h4-15H,3,16H2,1-2H3,(H,27,28). The van der Waals surface area contributed by atoms with Crippen molar-refractivity contribution in [1.82, 2.24) is 0 Å². The Hall–Kier alpha value is -4.06. The number of hydrogen-bond donors (Lipinski definition) is 1. The van der Waals surface area contributed by atoms with Gasteiger partial charge in [0.15, 0.2) is 12.4 Å². The zero-order valence-corrected chi connectivity index (χ0v) is 17.9. The van der Waals surface area contributed by atoms with Gasteiger partial charge in [-0.1, -0.05) is 29.8 Å². The summed E-state index contributed by atoms with van der Waals surface area (Å²) in [6.45, 7) is 4.21. The van der Waals surface area contributed by atoms with Crippen molar-refractivity contribution in [3.05, 3.63) is 89.7 Å². The fourth-order valence-electron chi connectivity index (χ4n) is 3.29. The first-order valence-electron chi connectivity index (χ1n) is 10.3. The van der Waals surface area contributed by atoms with E-state index >= 15 is 0 Å². The molecular formula is C26H23NO5. The molecule has 4 aromatic rings. The lowest BCUT2D eigenvalue weighted by Gasteiger charge is -2.09. The highest BCUT2D eigenvalue weighted by molar-refractivity contribution is 6.17. The summed E-state index contributed by atoms with van der Waals surface area (Å²) in [5.74, 6) is 0.611. The number of carbonyl (C=O) groups is 2. The number of fused-ring (bicyclic) bond motifs is 1. The van der Waals surface area contributed by atoms with Crippen LogP contribution in [-0.2, 0) is 4.79 Å². The largest absolute Gasteiger partial charge is 0.494 e. The smallest absolute Gasteiger partial charge is 0.262 e. The second-order valence-corrected chi connectivity index (χ2v) is 7.24. The minimum atomic E-state index is -0.391. The molecule has 0 aliphatic rings. The van der Waals surface area contributed by atoms with Crippen molar-refractivity contribution in [3.8, 4) is 11.5 Å². The molecule has 1 N–H and O–H groups in total. The summed E-state index contributed by atoms with van der Waals surface area (Å²) in [6.07, 6.45) is 0. The first-order chi connectivity index (χ1) is 15.5. The highest BCUT2D eigenvalue weighted by Gasteiger charge is 2.23. The van der Waals surface area contributed by atoms with Gasteiger partial charge in [-0.15, -0.1) is 0 Å². The molecule has 32 heavy (non-hydrogen) atoms. The molecule has 1 amide bonds. The van der Waals surface area contributed by atoms with E-state index in [9.17, 15) is 9.59 Å². The Balaban J connectivity index is 1.57. The van der Waals surface area contributed by atoms with E-state index in [1.54, 1.807) is 48.5 Å². The fourth-order valence-corrected chi connectivity index (χ4v) is 3.29. The van der Waals surface area contributed by atoms with Gasteiger partial charge in [0.05, 0.1) is 12.3 Å². The van der Waals surface area contributed by atoms with Gasteiger partial charge in [0.25, 0.3) is 5.91 Å². The van der Waals surface area contributed by atoms with E-state index in [4.69, 9.17) is 13.9 Å². The van der Waals surface area contributed by atoms with Crippen molar-refractivity contribution in [1.29, 1.82) is 0 Å². The predicted molar refractivity (Wildman–Crippen MR) is 123 cm³/mol. The van der Waals surface area contributed by atoms with Crippen LogP contribution in [0.25, 0.3) is 11.0 Å². The minimum Gasteiger partial charge on any atom is -0.494 e. The molecule has 0 aliphatic carbocycles. The third-order valence-corrected chi connectivity index (χ3v) is 4.88. The molecule has 4 rings (SSSR count). The van der Waals surface area contributed by atoms with Crippen LogP contribution in [0.3, 0.4) is 0 Å². The number of carbonyl (C=O) groups excluding carboxylic acids is 2. The number of amides is 1. The van der Waals surface area contributed by atoms with Crippen LogP contribution >= 0.6 is 0 Å². The van der Waals surface area contributed by atoms with Gasteiger partial charge in [0.1, 0.15) is 17.1 Å². The molecule has 3 aromatic carbocycles. The Morgan fingerprint density at radius 1 is 0.875 bits per heavy atom. The topological polar surface area (TPSA) is 77.8 Å². The number of furan rings is 1. The Morgan fingerprint density at radius 2 is 1.53 bits per heavy atom. The number of rotatable bonds is 8. The van der Waals surface area contributed by atoms with Crippen LogP contribution in [0.2, 0.25) is 0 Å². The van der Waals surface area contributed by atoms with E-state index in [0.717, 1.165) is 5.56 Å². The normalized spacial score (nSPS) is 10.7. The van der Waals surface area contributed by atoms with Crippen molar-refractivity contribution < 1.29 is 23.5 Å². The van der Waals surface area contributed by atoms with E-state index in [-0.39, 0.29) is 18.2 Å². The van der Waals surface area contributed by atoms with Gasteiger partial charge in [0.2, 0.25) is 5.78 Å². The summed E-state index contributed by atoms with van der Waals surface area (Å²) in [4.78, 5) is 25.8. The summed E-state index contributed by atoms with van der Waals surface area (Å²) in [5, 5.41) is 3.44. The Labute approximate surface area is 185 Å². The Bertz CT molecular complexity index is 1240. The van der Waals surface area contributed by atoms with Crippen LogP contribution < -0.4 is 14.8 Å². The number of benzene rings is 3. The number of para-hydroxylation sites is 1. The van der Waals surface area contributed by atoms with Crippen LogP contribution in [0.5, 0.6) is 11.5 Å². The van der Waals surface area contributed by atoms with Gasteiger partial charge < -0.3 is 19.2 Å². The number of nitrogens with one attached hydrogen (secondary N) is 1. The predicted octanol–water partition coefficient (Wildman–Crippen LogP) is 5.39. The molecule has 0 saturated heterocycles.